The van der Waals surface area contributed by atoms with E-state index in [0.29, 0.717) is 19.0 Å². The highest BCUT2D eigenvalue weighted by Gasteiger charge is 2.63. The molecule has 2 amide bonds. The molecule has 23 heavy (non-hydrogen) atoms. The van der Waals surface area contributed by atoms with Gasteiger partial charge in [-0.15, -0.1) is 0 Å². The number of hydrogen-bond donors (Lipinski definition) is 1. The number of alkyl halides is 3. The lowest BCUT2D eigenvalue weighted by Crippen LogP contribution is -2.47. The van der Waals surface area contributed by atoms with Crippen molar-refractivity contribution in [2.24, 2.45) is 12.5 Å². The second-order valence-corrected chi connectivity index (χ2v) is 6.58. The zero-order valence-electron chi connectivity index (χ0n) is 13.1. The van der Waals surface area contributed by atoms with Gasteiger partial charge in [0.25, 0.3) is 0 Å². The molecule has 1 aromatic rings. The average Bonchev–Trinajstić information content (AvgIpc) is 3.20. The molecule has 3 rings (SSSR count). The van der Waals surface area contributed by atoms with Crippen LogP contribution in [0.5, 0.6) is 0 Å². The number of carbonyl (C=O) groups is 1. The summed E-state index contributed by atoms with van der Waals surface area (Å²) in [6, 6.07) is 1.59. The van der Waals surface area contributed by atoms with Crippen LogP contribution in [0.4, 0.5) is 18.0 Å². The molecule has 0 spiro atoms. The van der Waals surface area contributed by atoms with Crippen molar-refractivity contribution in [3.8, 4) is 0 Å². The maximum absolute atomic E-state index is 12.9. The van der Waals surface area contributed by atoms with Gasteiger partial charge in [0, 0.05) is 44.5 Å². The zero-order chi connectivity index (χ0) is 16.7. The van der Waals surface area contributed by atoms with E-state index in [1.807, 2.05) is 17.8 Å². The Hall–Kier alpha value is -1.73. The molecule has 2 aliphatic rings. The van der Waals surface area contributed by atoms with Gasteiger partial charge in [0.15, 0.2) is 0 Å². The van der Waals surface area contributed by atoms with Gasteiger partial charge in [-0.3, -0.25) is 4.68 Å². The molecule has 2 fully saturated rings. The third-order valence-electron chi connectivity index (χ3n) is 5.09. The fourth-order valence-corrected chi connectivity index (χ4v) is 3.23. The van der Waals surface area contributed by atoms with Crippen molar-refractivity contribution in [1.82, 2.24) is 20.0 Å². The third-order valence-corrected chi connectivity index (χ3v) is 5.09. The van der Waals surface area contributed by atoms with Crippen LogP contribution in [-0.4, -0.2) is 46.5 Å². The van der Waals surface area contributed by atoms with Crippen LogP contribution in [-0.2, 0) is 7.05 Å². The standard InChI is InChI=1S/C15H21F3N4O/c1-21-12(2-7-20-21)11-3-8-22(9-4-11)13(23)19-10-14(5-6-14)15(16,17)18/h2,7,11H,3-6,8-10H2,1H3,(H,19,23). The minimum absolute atomic E-state index is 0.110. The number of amides is 2. The van der Waals surface area contributed by atoms with Crippen molar-refractivity contribution in [3.63, 3.8) is 0 Å². The van der Waals surface area contributed by atoms with Crippen LogP contribution in [0.15, 0.2) is 12.3 Å². The van der Waals surface area contributed by atoms with Crippen molar-refractivity contribution in [3.05, 3.63) is 18.0 Å². The van der Waals surface area contributed by atoms with Crippen LogP contribution in [0, 0.1) is 5.41 Å². The number of urea groups is 1. The minimum Gasteiger partial charge on any atom is -0.337 e. The van der Waals surface area contributed by atoms with E-state index in [2.05, 4.69) is 10.4 Å². The molecule has 1 saturated heterocycles. The Balaban J connectivity index is 1.48. The minimum atomic E-state index is -4.23. The highest BCUT2D eigenvalue weighted by molar-refractivity contribution is 5.74. The Morgan fingerprint density at radius 1 is 1.39 bits per heavy atom. The van der Waals surface area contributed by atoms with Crippen LogP contribution in [0.3, 0.4) is 0 Å². The van der Waals surface area contributed by atoms with Crippen LogP contribution in [0.25, 0.3) is 0 Å². The first-order chi connectivity index (χ1) is 10.8. The lowest BCUT2D eigenvalue weighted by molar-refractivity contribution is -0.184. The molecule has 0 atom stereocenters. The number of aromatic nitrogens is 2. The molecule has 0 radical (unpaired) electrons. The van der Waals surface area contributed by atoms with Crippen LogP contribution in [0.2, 0.25) is 0 Å². The van der Waals surface area contributed by atoms with Crippen molar-refractivity contribution in [1.29, 1.82) is 0 Å². The topological polar surface area (TPSA) is 50.2 Å². The van der Waals surface area contributed by atoms with Gasteiger partial charge in [-0.05, 0) is 31.7 Å². The molecule has 1 aliphatic carbocycles. The Bertz CT molecular complexity index is 572. The molecule has 1 aliphatic heterocycles. The zero-order valence-corrected chi connectivity index (χ0v) is 13.1. The van der Waals surface area contributed by atoms with E-state index < -0.39 is 11.6 Å². The number of hydrogen-bond acceptors (Lipinski definition) is 2. The van der Waals surface area contributed by atoms with Gasteiger partial charge in [0.2, 0.25) is 0 Å². The lowest BCUT2D eigenvalue weighted by Gasteiger charge is -2.32. The number of halogens is 3. The fraction of sp³-hybridized carbons (Fsp3) is 0.733. The van der Waals surface area contributed by atoms with Gasteiger partial charge < -0.3 is 10.2 Å². The molecule has 1 aromatic heterocycles. The molecule has 128 valence electrons. The summed E-state index contributed by atoms with van der Waals surface area (Å²) in [4.78, 5) is 13.7. The average molecular weight is 330 g/mol. The molecule has 2 heterocycles. The van der Waals surface area contributed by atoms with Crippen molar-refractivity contribution in [2.75, 3.05) is 19.6 Å². The largest absolute Gasteiger partial charge is 0.396 e. The van der Waals surface area contributed by atoms with Gasteiger partial charge in [-0.25, -0.2) is 4.79 Å². The predicted octanol–water partition coefficient (Wildman–Crippen LogP) is 2.65. The fourth-order valence-electron chi connectivity index (χ4n) is 3.23. The van der Waals surface area contributed by atoms with Crippen LogP contribution >= 0.6 is 0 Å². The first-order valence-electron chi connectivity index (χ1n) is 7.90. The van der Waals surface area contributed by atoms with E-state index in [0.717, 1.165) is 18.5 Å². The highest BCUT2D eigenvalue weighted by atomic mass is 19.4. The molecule has 0 bridgehead atoms. The van der Waals surface area contributed by atoms with E-state index in [1.165, 1.54) is 0 Å². The summed E-state index contributed by atoms with van der Waals surface area (Å²) in [5.41, 5.74) is -0.547. The quantitative estimate of drug-likeness (QED) is 0.926. The maximum Gasteiger partial charge on any atom is 0.396 e. The number of likely N-dealkylation sites (tertiary alicyclic amines) is 1. The summed E-state index contributed by atoms with van der Waals surface area (Å²) in [6.07, 6.45) is -0.652. The van der Waals surface area contributed by atoms with Crippen LogP contribution < -0.4 is 5.32 Å². The van der Waals surface area contributed by atoms with E-state index in [9.17, 15) is 18.0 Å². The summed E-state index contributed by atoms with van der Waals surface area (Å²) in [7, 11) is 1.89. The summed E-state index contributed by atoms with van der Waals surface area (Å²) in [5, 5.41) is 6.62. The second kappa shape index (κ2) is 5.72. The van der Waals surface area contributed by atoms with Gasteiger partial charge in [-0.2, -0.15) is 18.3 Å². The summed E-state index contributed by atoms with van der Waals surface area (Å²) in [6.45, 7) is 0.804. The van der Waals surface area contributed by atoms with Gasteiger partial charge in [-0.1, -0.05) is 0 Å². The normalized spacial score (nSPS) is 21.3. The Labute approximate surface area is 132 Å². The monoisotopic (exact) mass is 330 g/mol. The maximum atomic E-state index is 12.9. The number of rotatable bonds is 3. The molecule has 0 unspecified atom stereocenters. The van der Waals surface area contributed by atoms with Crippen molar-refractivity contribution in [2.45, 2.75) is 37.8 Å². The lowest BCUT2D eigenvalue weighted by atomic mass is 9.93. The predicted molar refractivity (Wildman–Crippen MR) is 77.9 cm³/mol. The molecule has 0 aromatic carbocycles. The second-order valence-electron chi connectivity index (χ2n) is 6.58. The summed E-state index contributed by atoms with van der Waals surface area (Å²) in [5.74, 6) is 0.344. The Kier molecular flexibility index (Phi) is 4.01. The summed E-state index contributed by atoms with van der Waals surface area (Å²) < 4.78 is 40.4. The van der Waals surface area contributed by atoms with Crippen molar-refractivity contribution >= 4 is 6.03 Å². The van der Waals surface area contributed by atoms with Crippen molar-refractivity contribution < 1.29 is 18.0 Å². The molecule has 5 nitrogen and oxygen atoms in total. The van der Waals surface area contributed by atoms with Gasteiger partial charge >= 0.3 is 12.2 Å². The number of piperidine rings is 1. The number of carbonyl (C=O) groups excluding carboxylic acids is 1. The third kappa shape index (κ3) is 3.16. The number of aryl methyl sites for hydroxylation is 1. The number of nitrogens with zero attached hydrogens (tertiary/aromatic N) is 3. The molecular weight excluding hydrogens is 309 g/mol. The van der Waals surface area contributed by atoms with E-state index in [4.69, 9.17) is 0 Å². The van der Waals surface area contributed by atoms with Gasteiger partial charge in [0.05, 0.1) is 5.41 Å². The molecular formula is C15H21F3N4O. The van der Waals surface area contributed by atoms with Gasteiger partial charge in [0.1, 0.15) is 0 Å². The van der Waals surface area contributed by atoms with Crippen LogP contribution in [0.1, 0.15) is 37.3 Å². The first kappa shape index (κ1) is 16.1. The molecule has 1 saturated carbocycles. The SMILES string of the molecule is Cn1nccc1C1CCN(C(=O)NCC2(C(F)(F)F)CC2)CC1. The van der Waals surface area contributed by atoms with E-state index in [1.54, 1.807) is 11.1 Å². The number of nitrogens with one attached hydrogen (secondary N) is 1. The highest BCUT2D eigenvalue weighted by Crippen LogP contribution is 2.57. The van der Waals surface area contributed by atoms with E-state index >= 15 is 0 Å². The van der Waals surface area contributed by atoms with E-state index in [-0.39, 0.29) is 25.4 Å². The molecule has 1 N–H and O–H groups in total. The smallest absolute Gasteiger partial charge is 0.337 e. The Morgan fingerprint density at radius 3 is 2.52 bits per heavy atom. The first-order valence-corrected chi connectivity index (χ1v) is 7.90. The summed E-state index contributed by atoms with van der Waals surface area (Å²) >= 11 is 0. The Morgan fingerprint density at radius 2 is 2.04 bits per heavy atom. The molecule has 8 heteroatoms.